The molecule has 0 unspecified atom stereocenters. The van der Waals surface area contributed by atoms with Gasteiger partial charge < -0.3 is 21.1 Å². The molecule has 0 saturated carbocycles. The molecule has 5 heteroatoms. The zero-order valence-corrected chi connectivity index (χ0v) is 10.6. The van der Waals surface area contributed by atoms with Crippen LogP contribution in [0.1, 0.15) is 23.2 Å². The second kappa shape index (κ2) is 5.27. The van der Waals surface area contributed by atoms with Crippen molar-refractivity contribution in [3.63, 3.8) is 0 Å². The number of anilines is 1. The molecule has 1 fully saturated rings. The van der Waals surface area contributed by atoms with E-state index in [4.69, 9.17) is 16.2 Å². The third-order valence-corrected chi connectivity index (χ3v) is 3.35. The Labute approximate surface area is 107 Å². The van der Waals surface area contributed by atoms with Crippen molar-refractivity contribution < 1.29 is 9.53 Å². The van der Waals surface area contributed by atoms with Crippen LogP contribution in [0.2, 0.25) is 0 Å². The lowest BCUT2D eigenvalue weighted by Crippen LogP contribution is -2.40. The standard InChI is InChI=1S/C13H19N3O2/c1-18-10-2-3-12(11(8-10)13(15)17)16-6-4-9(14)5-7-16/h2-3,8-9H,4-7,14H2,1H3,(H2,15,17). The molecule has 1 saturated heterocycles. The highest BCUT2D eigenvalue weighted by molar-refractivity contribution is 5.99. The Morgan fingerprint density at radius 1 is 1.39 bits per heavy atom. The number of amides is 1. The van der Waals surface area contributed by atoms with E-state index in [1.165, 1.54) is 0 Å². The van der Waals surface area contributed by atoms with E-state index in [-0.39, 0.29) is 6.04 Å². The van der Waals surface area contributed by atoms with E-state index in [0.717, 1.165) is 31.6 Å². The van der Waals surface area contributed by atoms with Crippen molar-refractivity contribution in [1.29, 1.82) is 0 Å². The highest BCUT2D eigenvalue weighted by Crippen LogP contribution is 2.27. The summed E-state index contributed by atoms with van der Waals surface area (Å²) < 4.78 is 5.12. The molecule has 0 aliphatic carbocycles. The molecule has 0 radical (unpaired) electrons. The molecule has 1 aliphatic heterocycles. The minimum Gasteiger partial charge on any atom is -0.497 e. The van der Waals surface area contributed by atoms with Crippen LogP contribution in [0.4, 0.5) is 5.69 Å². The highest BCUT2D eigenvalue weighted by atomic mass is 16.5. The minimum atomic E-state index is -0.432. The third-order valence-electron chi connectivity index (χ3n) is 3.35. The summed E-state index contributed by atoms with van der Waals surface area (Å²) in [6.07, 6.45) is 1.87. The van der Waals surface area contributed by atoms with E-state index < -0.39 is 5.91 Å². The second-order valence-electron chi connectivity index (χ2n) is 4.57. The van der Waals surface area contributed by atoms with Crippen molar-refractivity contribution in [2.24, 2.45) is 11.5 Å². The number of piperidine rings is 1. The van der Waals surface area contributed by atoms with Crippen molar-refractivity contribution in [3.05, 3.63) is 23.8 Å². The topological polar surface area (TPSA) is 81.6 Å². The number of hydrogen-bond donors (Lipinski definition) is 2. The molecule has 0 spiro atoms. The van der Waals surface area contributed by atoms with Crippen molar-refractivity contribution >= 4 is 11.6 Å². The Balaban J connectivity index is 2.29. The maximum absolute atomic E-state index is 11.5. The van der Waals surface area contributed by atoms with Gasteiger partial charge in [0.05, 0.1) is 12.7 Å². The van der Waals surface area contributed by atoms with Gasteiger partial charge in [0.25, 0.3) is 5.91 Å². The molecule has 1 aromatic carbocycles. The Kier molecular flexibility index (Phi) is 3.72. The monoisotopic (exact) mass is 249 g/mol. The van der Waals surface area contributed by atoms with Crippen LogP contribution in [0.5, 0.6) is 5.75 Å². The number of nitrogens with two attached hydrogens (primary N) is 2. The summed E-state index contributed by atoms with van der Waals surface area (Å²) in [4.78, 5) is 13.7. The first-order valence-electron chi connectivity index (χ1n) is 6.10. The van der Waals surface area contributed by atoms with Gasteiger partial charge in [-0.2, -0.15) is 0 Å². The van der Waals surface area contributed by atoms with Gasteiger partial charge in [-0.3, -0.25) is 4.79 Å². The average Bonchev–Trinajstić information content (AvgIpc) is 2.39. The Bertz CT molecular complexity index is 440. The van der Waals surface area contributed by atoms with Crippen molar-refractivity contribution in [2.75, 3.05) is 25.1 Å². The van der Waals surface area contributed by atoms with Gasteiger partial charge in [-0.15, -0.1) is 0 Å². The van der Waals surface area contributed by atoms with Gasteiger partial charge in [0.1, 0.15) is 5.75 Å². The molecule has 1 aliphatic rings. The number of methoxy groups -OCH3 is 1. The predicted octanol–water partition coefficient (Wildman–Crippen LogP) is 0.722. The van der Waals surface area contributed by atoms with E-state index >= 15 is 0 Å². The fourth-order valence-electron chi connectivity index (χ4n) is 2.26. The number of rotatable bonds is 3. The zero-order valence-electron chi connectivity index (χ0n) is 10.6. The second-order valence-corrected chi connectivity index (χ2v) is 4.57. The normalized spacial score (nSPS) is 16.7. The predicted molar refractivity (Wildman–Crippen MR) is 70.9 cm³/mol. The first-order chi connectivity index (χ1) is 8.61. The van der Waals surface area contributed by atoms with Crippen LogP contribution in [-0.2, 0) is 0 Å². The largest absolute Gasteiger partial charge is 0.497 e. The van der Waals surface area contributed by atoms with Crippen LogP contribution < -0.4 is 21.1 Å². The summed E-state index contributed by atoms with van der Waals surface area (Å²) in [5, 5.41) is 0. The number of carbonyl (C=O) groups excluding carboxylic acids is 1. The van der Waals surface area contributed by atoms with Crippen molar-refractivity contribution in [3.8, 4) is 5.75 Å². The molecule has 2 rings (SSSR count). The summed E-state index contributed by atoms with van der Waals surface area (Å²) in [6.45, 7) is 1.71. The minimum absolute atomic E-state index is 0.261. The van der Waals surface area contributed by atoms with Gasteiger partial charge >= 0.3 is 0 Å². The SMILES string of the molecule is COc1ccc(N2CCC(N)CC2)c(C(N)=O)c1. The fraction of sp³-hybridized carbons (Fsp3) is 0.462. The summed E-state index contributed by atoms with van der Waals surface area (Å²) in [5.74, 6) is 0.208. The molecule has 98 valence electrons. The number of hydrogen-bond acceptors (Lipinski definition) is 4. The Morgan fingerprint density at radius 2 is 2.06 bits per heavy atom. The Hall–Kier alpha value is -1.75. The molecule has 1 aromatic rings. The lowest BCUT2D eigenvalue weighted by atomic mass is 10.0. The van der Waals surface area contributed by atoms with E-state index in [1.807, 2.05) is 12.1 Å². The lowest BCUT2D eigenvalue weighted by Gasteiger charge is -2.33. The van der Waals surface area contributed by atoms with Crippen LogP contribution in [0.15, 0.2) is 18.2 Å². The number of benzene rings is 1. The van der Waals surface area contributed by atoms with Crippen molar-refractivity contribution in [2.45, 2.75) is 18.9 Å². The van der Waals surface area contributed by atoms with Crippen LogP contribution in [-0.4, -0.2) is 32.1 Å². The highest BCUT2D eigenvalue weighted by Gasteiger charge is 2.20. The maximum atomic E-state index is 11.5. The van der Waals surface area contributed by atoms with Crippen LogP contribution >= 0.6 is 0 Å². The molecule has 18 heavy (non-hydrogen) atoms. The van der Waals surface area contributed by atoms with Gasteiger partial charge in [-0.25, -0.2) is 0 Å². The fourth-order valence-corrected chi connectivity index (χ4v) is 2.26. The van der Waals surface area contributed by atoms with E-state index in [0.29, 0.717) is 11.3 Å². The average molecular weight is 249 g/mol. The zero-order chi connectivity index (χ0) is 13.1. The molecular weight excluding hydrogens is 230 g/mol. The van der Waals surface area contributed by atoms with E-state index in [9.17, 15) is 4.79 Å². The van der Waals surface area contributed by atoms with Gasteiger partial charge in [-0.05, 0) is 31.0 Å². The molecular formula is C13H19N3O2. The maximum Gasteiger partial charge on any atom is 0.250 e. The number of carbonyl (C=O) groups is 1. The van der Waals surface area contributed by atoms with Gasteiger partial charge in [0.2, 0.25) is 0 Å². The first kappa shape index (κ1) is 12.7. The summed E-state index contributed by atoms with van der Waals surface area (Å²) in [5.41, 5.74) is 12.7. The molecule has 0 aromatic heterocycles. The van der Waals surface area contributed by atoms with Crippen molar-refractivity contribution in [1.82, 2.24) is 0 Å². The quantitative estimate of drug-likeness (QED) is 0.827. The summed E-state index contributed by atoms with van der Waals surface area (Å²) in [7, 11) is 1.57. The van der Waals surface area contributed by atoms with Gasteiger partial charge in [0, 0.05) is 24.8 Å². The van der Waals surface area contributed by atoms with Crippen LogP contribution in [0, 0.1) is 0 Å². The van der Waals surface area contributed by atoms with Gasteiger partial charge in [0.15, 0.2) is 0 Å². The van der Waals surface area contributed by atoms with Gasteiger partial charge in [-0.1, -0.05) is 0 Å². The number of nitrogens with zero attached hydrogens (tertiary/aromatic N) is 1. The molecule has 1 amide bonds. The molecule has 4 N–H and O–H groups in total. The van der Waals surface area contributed by atoms with Crippen LogP contribution in [0.25, 0.3) is 0 Å². The summed E-state index contributed by atoms with van der Waals surface area (Å²) >= 11 is 0. The third kappa shape index (κ3) is 2.56. The first-order valence-corrected chi connectivity index (χ1v) is 6.10. The lowest BCUT2D eigenvalue weighted by molar-refractivity contribution is 0.100. The molecule has 0 atom stereocenters. The summed E-state index contributed by atoms with van der Waals surface area (Å²) in [6, 6.07) is 5.68. The Morgan fingerprint density at radius 3 is 2.61 bits per heavy atom. The molecule has 5 nitrogen and oxygen atoms in total. The number of primary amides is 1. The van der Waals surface area contributed by atoms with E-state index in [1.54, 1.807) is 13.2 Å². The molecule has 1 heterocycles. The smallest absolute Gasteiger partial charge is 0.250 e. The van der Waals surface area contributed by atoms with Crippen LogP contribution in [0.3, 0.4) is 0 Å². The molecule has 0 bridgehead atoms. The van der Waals surface area contributed by atoms with E-state index in [2.05, 4.69) is 4.90 Å². The number of ether oxygens (including phenoxy) is 1.